The molecule has 0 radical (unpaired) electrons. The van der Waals surface area contributed by atoms with Gasteiger partial charge in [-0.05, 0) is 57.2 Å². The lowest BCUT2D eigenvalue weighted by atomic mass is 10.1. The Morgan fingerprint density at radius 1 is 1.08 bits per heavy atom. The van der Waals surface area contributed by atoms with Crippen LogP contribution in [0.5, 0.6) is 0 Å². The minimum Gasteiger partial charge on any atom is -0.378 e. The number of benzene rings is 2. The summed E-state index contributed by atoms with van der Waals surface area (Å²) in [6.07, 6.45) is 0.709. The molecule has 0 aliphatic carbocycles. The third-order valence-electron chi connectivity index (χ3n) is 6.84. The molecule has 0 saturated carbocycles. The molecule has 39 heavy (non-hydrogen) atoms. The van der Waals surface area contributed by atoms with Crippen LogP contribution in [0, 0.1) is 0 Å². The number of urea groups is 1. The number of carbonyl (C=O) groups is 2. The zero-order valence-corrected chi connectivity index (χ0v) is 24.2. The first-order chi connectivity index (χ1) is 18.6. The predicted octanol–water partition coefficient (Wildman–Crippen LogP) is 4.22. The number of likely N-dealkylation sites (tertiary alicyclic amines) is 1. The summed E-state index contributed by atoms with van der Waals surface area (Å²) in [6, 6.07) is 8.94. The maximum absolute atomic E-state index is 13.8. The molecule has 0 atom stereocenters. The normalized spacial score (nSPS) is 17.4. The molecular formula is C25H27Cl2N5O5S2. The molecule has 1 N–H and O–H groups in total. The standard InChI is InChI=1S/C25H27Cl2N5O5S2/c1-30-8-6-16(7-9-30)39(35,36)32(25-28-20-4-2-3-5-22(20)38-25)24(34)29-23(33)17-14-21(19(27)15-18(17)26)31-10-12-37-13-11-31/h2-5,14-16H,6-13H2,1H3,(H,29,33,34). The smallest absolute Gasteiger partial charge is 0.344 e. The van der Waals surface area contributed by atoms with E-state index in [0.29, 0.717) is 77.5 Å². The highest BCUT2D eigenvalue weighted by molar-refractivity contribution is 7.94. The van der Waals surface area contributed by atoms with Crippen LogP contribution in [0.25, 0.3) is 10.2 Å². The van der Waals surface area contributed by atoms with E-state index in [1.54, 1.807) is 24.3 Å². The topological polar surface area (TPSA) is 112 Å². The summed E-state index contributed by atoms with van der Waals surface area (Å²) in [5.74, 6) is -0.846. The van der Waals surface area contributed by atoms with Gasteiger partial charge in [-0.15, -0.1) is 0 Å². The number of hydrogen-bond donors (Lipinski definition) is 1. The number of thiazole rings is 1. The number of rotatable bonds is 5. The average Bonchev–Trinajstić information content (AvgIpc) is 3.32. The van der Waals surface area contributed by atoms with Crippen molar-refractivity contribution in [2.45, 2.75) is 18.1 Å². The monoisotopic (exact) mass is 611 g/mol. The van der Waals surface area contributed by atoms with Crippen molar-refractivity contribution in [1.29, 1.82) is 0 Å². The van der Waals surface area contributed by atoms with Gasteiger partial charge in [0.1, 0.15) is 0 Å². The second-order valence-electron chi connectivity index (χ2n) is 9.42. The van der Waals surface area contributed by atoms with Crippen molar-refractivity contribution in [2.24, 2.45) is 0 Å². The van der Waals surface area contributed by atoms with Gasteiger partial charge in [0.2, 0.25) is 15.2 Å². The molecular weight excluding hydrogens is 585 g/mol. The van der Waals surface area contributed by atoms with E-state index in [1.165, 1.54) is 12.1 Å². The molecule has 0 unspecified atom stereocenters. The molecule has 1 aromatic heterocycles. The van der Waals surface area contributed by atoms with Gasteiger partial charge in [0.25, 0.3) is 5.91 Å². The van der Waals surface area contributed by atoms with E-state index in [4.69, 9.17) is 27.9 Å². The summed E-state index contributed by atoms with van der Waals surface area (Å²) in [5, 5.41) is 1.80. The number of nitrogens with zero attached hydrogens (tertiary/aromatic N) is 4. The lowest BCUT2D eigenvalue weighted by molar-refractivity contribution is 0.0966. The predicted molar refractivity (Wildman–Crippen MR) is 154 cm³/mol. The molecule has 3 aromatic rings. The Bertz CT molecular complexity index is 1470. The number of ether oxygens (including phenoxy) is 1. The van der Waals surface area contributed by atoms with Gasteiger partial charge in [0.05, 0.1) is 50.0 Å². The number of morpholine rings is 1. The van der Waals surface area contributed by atoms with Gasteiger partial charge in [-0.3, -0.25) is 10.1 Å². The Kier molecular flexibility index (Phi) is 8.32. The molecule has 14 heteroatoms. The van der Waals surface area contributed by atoms with Crippen molar-refractivity contribution in [1.82, 2.24) is 15.2 Å². The van der Waals surface area contributed by atoms with Crippen LogP contribution in [0.15, 0.2) is 36.4 Å². The van der Waals surface area contributed by atoms with Gasteiger partial charge < -0.3 is 14.5 Å². The highest BCUT2D eigenvalue weighted by Gasteiger charge is 2.40. The van der Waals surface area contributed by atoms with Gasteiger partial charge in [-0.25, -0.2) is 18.2 Å². The largest absolute Gasteiger partial charge is 0.378 e. The molecule has 10 nitrogen and oxygen atoms in total. The number of sulfonamides is 1. The fourth-order valence-electron chi connectivity index (χ4n) is 4.66. The minimum absolute atomic E-state index is 0.00292. The number of carbonyl (C=O) groups excluding carboxylic acids is 2. The van der Waals surface area contributed by atoms with Gasteiger partial charge >= 0.3 is 6.03 Å². The van der Waals surface area contributed by atoms with Crippen LogP contribution in [0.3, 0.4) is 0 Å². The number of piperidine rings is 1. The molecule has 5 rings (SSSR count). The number of fused-ring (bicyclic) bond motifs is 1. The van der Waals surface area contributed by atoms with Crippen LogP contribution in [0.2, 0.25) is 10.0 Å². The molecule has 0 spiro atoms. The SMILES string of the molecule is CN1CCC(S(=O)(=O)N(C(=O)NC(=O)c2cc(N3CCOCC3)c(Cl)cc2Cl)c2nc3ccccc3s2)CC1. The molecule has 3 heterocycles. The van der Waals surface area contributed by atoms with E-state index >= 15 is 0 Å². The summed E-state index contributed by atoms with van der Waals surface area (Å²) in [6.45, 7) is 3.30. The molecule has 208 valence electrons. The Balaban J connectivity index is 1.47. The Labute approximate surface area is 240 Å². The number of hydrogen-bond acceptors (Lipinski definition) is 9. The molecule has 0 bridgehead atoms. The Morgan fingerprint density at radius 3 is 2.46 bits per heavy atom. The van der Waals surface area contributed by atoms with Crippen molar-refractivity contribution in [3.05, 3.63) is 52.0 Å². The molecule has 2 aliphatic rings. The fourth-order valence-corrected chi connectivity index (χ4v) is 8.19. The number of para-hydroxylation sites is 1. The third kappa shape index (κ3) is 5.86. The van der Waals surface area contributed by atoms with Gasteiger partial charge in [0, 0.05) is 13.1 Å². The van der Waals surface area contributed by atoms with Gasteiger partial charge in [-0.2, -0.15) is 4.31 Å². The summed E-state index contributed by atoms with van der Waals surface area (Å²) >= 11 is 13.8. The first-order valence-electron chi connectivity index (χ1n) is 12.4. The third-order valence-corrected chi connectivity index (χ3v) is 10.7. The lowest BCUT2D eigenvalue weighted by Gasteiger charge is -2.31. The average molecular weight is 613 g/mol. The van der Waals surface area contributed by atoms with Crippen LogP contribution < -0.4 is 14.5 Å². The van der Waals surface area contributed by atoms with E-state index in [-0.39, 0.29) is 15.7 Å². The van der Waals surface area contributed by atoms with Crippen molar-refractivity contribution in [3.8, 4) is 0 Å². The number of imide groups is 1. The quantitative estimate of drug-likeness (QED) is 0.456. The van der Waals surface area contributed by atoms with Crippen molar-refractivity contribution < 1.29 is 22.7 Å². The second-order valence-corrected chi connectivity index (χ2v) is 13.3. The van der Waals surface area contributed by atoms with Crippen molar-refractivity contribution >= 4 is 77.5 Å². The number of aromatic nitrogens is 1. The number of halogens is 2. The molecule has 2 fully saturated rings. The Morgan fingerprint density at radius 2 is 1.77 bits per heavy atom. The van der Waals surface area contributed by atoms with Gasteiger partial charge in [-0.1, -0.05) is 46.7 Å². The molecule has 3 amide bonds. The van der Waals surface area contributed by atoms with Crippen LogP contribution in [0.1, 0.15) is 23.2 Å². The summed E-state index contributed by atoms with van der Waals surface area (Å²) in [7, 11) is -2.29. The van der Waals surface area contributed by atoms with E-state index in [2.05, 4.69) is 10.3 Å². The number of anilines is 2. The van der Waals surface area contributed by atoms with E-state index in [0.717, 1.165) is 11.3 Å². The van der Waals surface area contributed by atoms with Crippen LogP contribution >= 0.6 is 34.5 Å². The highest BCUT2D eigenvalue weighted by atomic mass is 35.5. The summed E-state index contributed by atoms with van der Waals surface area (Å²) in [5.41, 5.74) is 1.12. The van der Waals surface area contributed by atoms with E-state index in [9.17, 15) is 18.0 Å². The van der Waals surface area contributed by atoms with E-state index < -0.39 is 27.2 Å². The van der Waals surface area contributed by atoms with Crippen LogP contribution in [-0.2, 0) is 14.8 Å². The number of nitrogens with one attached hydrogen (secondary N) is 1. The maximum Gasteiger partial charge on any atom is 0.344 e. The molecule has 2 saturated heterocycles. The van der Waals surface area contributed by atoms with Gasteiger partial charge in [0.15, 0.2) is 0 Å². The van der Waals surface area contributed by atoms with Crippen molar-refractivity contribution in [3.63, 3.8) is 0 Å². The van der Waals surface area contributed by atoms with Crippen molar-refractivity contribution in [2.75, 3.05) is 55.6 Å². The number of amides is 3. The first-order valence-corrected chi connectivity index (χ1v) is 15.5. The minimum atomic E-state index is -4.20. The first kappa shape index (κ1) is 28.1. The maximum atomic E-state index is 13.8. The Hall–Kier alpha value is -2.48. The van der Waals surface area contributed by atoms with E-state index in [1.807, 2.05) is 16.8 Å². The van der Waals surface area contributed by atoms with Crippen LogP contribution in [-0.4, -0.2) is 81.9 Å². The zero-order chi connectivity index (χ0) is 27.7. The zero-order valence-electron chi connectivity index (χ0n) is 21.1. The molecule has 2 aromatic carbocycles. The van der Waals surface area contributed by atoms with Crippen LogP contribution in [0.4, 0.5) is 15.6 Å². The fraction of sp³-hybridized carbons (Fsp3) is 0.400. The summed E-state index contributed by atoms with van der Waals surface area (Å²) in [4.78, 5) is 35.3. The second kappa shape index (κ2) is 11.6. The highest BCUT2D eigenvalue weighted by Crippen LogP contribution is 2.35. The summed E-state index contributed by atoms with van der Waals surface area (Å²) < 4.78 is 34.4. The lowest BCUT2D eigenvalue weighted by Crippen LogP contribution is -2.51. The molecule has 2 aliphatic heterocycles.